The van der Waals surface area contributed by atoms with Gasteiger partial charge in [0, 0.05) is 24.0 Å². The van der Waals surface area contributed by atoms with Gasteiger partial charge in [0.1, 0.15) is 5.82 Å². The molecule has 0 aliphatic rings. The molecule has 0 amide bonds. The Morgan fingerprint density at radius 3 is 2.59 bits per heavy atom. The normalized spacial score (nSPS) is 13.5. The van der Waals surface area contributed by atoms with Gasteiger partial charge in [0.05, 0.1) is 12.2 Å². The third-order valence-electron chi connectivity index (χ3n) is 3.86. The lowest BCUT2D eigenvalue weighted by Gasteiger charge is -2.20. The molecule has 4 nitrogen and oxygen atoms in total. The van der Waals surface area contributed by atoms with Crippen molar-refractivity contribution in [2.75, 3.05) is 6.61 Å². The third kappa shape index (κ3) is 3.91. The highest BCUT2D eigenvalue weighted by molar-refractivity contribution is 5.51. The zero-order chi connectivity index (χ0) is 16.1. The Morgan fingerprint density at radius 1 is 1.18 bits per heavy atom. The summed E-state index contributed by atoms with van der Waals surface area (Å²) in [4.78, 5) is 13.0. The number of pyridine rings is 1. The van der Waals surface area contributed by atoms with Gasteiger partial charge in [-0.2, -0.15) is 4.98 Å². The maximum absolute atomic E-state index is 5.89. The minimum absolute atomic E-state index is 0.315. The summed E-state index contributed by atoms with van der Waals surface area (Å²) in [5, 5.41) is 0. The standard InChI is InChI=1S/C18H23N3O/c1-6-16-10-19-15(5)21-18(16)22-11-13(3)14(4)17-8-7-12(2)9-20-17/h6-10,13-14H,1,11H2,2-5H3/t13-,14+/m1/s1. The molecular weight excluding hydrogens is 274 g/mol. The van der Waals surface area contributed by atoms with Crippen molar-refractivity contribution in [2.45, 2.75) is 33.6 Å². The average Bonchev–Trinajstić information content (AvgIpc) is 2.52. The van der Waals surface area contributed by atoms with E-state index in [1.807, 2.05) is 20.0 Å². The van der Waals surface area contributed by atoms with E-state index in [1.54, 1.807) is 12.3 Å². The van der Waals surface area contributed by atoms with Gasteiger partial charge in [-0.15, -0.1) is 0 Å². The van der Waals surface area contributed by atoms with E-state index < -0.39 is 0 Å². The van der Waals surface area contributed by atoms with Gasteiger partial charge in [-0.3, -0.25) is 4.98 Å². The third-order valence-corrected chi connectivity index (χ3v) is 3.86. The van der Waals surface area contributed by atoms with Crippen molar-refractivity contribution in [3.63, 3.8) is 0 Å². The summed E-state index contributed by atoms with van der Waals surface area (Å²) in [5.74, 6) is 1.93. The van der Waals surface area contributed by atoms with E-state index in [0.717, 1.165) is 11.3 Å². The van der Waals surface area contributed by atoms with Crippen LogP contribution in [0.1, 0.15) is 42.4 Å². The number of nitrogens with zero attached hydrogens (tertiary/aromatic N) is 3. The number of hydrogen-bond acceptors (Lipinski definition) is 4. The fourth-order valence-electron chi connectivity index (χ4n) is 2.11. The molecule has 116 valence electrons. The zero-order valence-corrected chi connectivity index (χ0v) is 13.7. The lowest BCUT2D eigenvalue weighted by Crippen LogP contribution is -2.17. The number of rotatable bonds is 6. The summed E-state index contributed by atoms with van der Waals surface area (Å²) < 4.78 is 5.89. The molecule has 0 aromatic carbocycles. The van der Waals surface area contributed by atoms with Gasteiger partial charge in [-0.25, -0.2) is 4.98 Å². The highest BCUT2D eigenvalue weighted by Crippen LogP contribution is 2.24. The minimum atomic E-state index is 0.315. The first-order valence-electron chi connectivity index (χ1n) is 7.52. The molecule has 0 saturated carbocycles. The Labute approximate surface area is 132 Å². The minimum Gasteiger partial charge on any atom is -0.477 e. The first kappa shape index (κ1) is 16.1. The second-order valence-electron chi connectivity index (χ2n) is 5.72. The quantitative estimate of drug-likeness (QED) is 0.810. The van der Waals surface area contributed by atoms with Gasteiger partial charge in [-0.05, 0) is 31.4 Å². The van der Waals surface area contributed by atoms with Crippen molar-refractivity contribution in [1.82, 2.24) is 15.0 Å². The van der Waals surface area contributed by atoms with Gasteiger partial charge in [0.15, 0.2) is 0 Å². The number of aromatic nitrogens is 3. The molecule has 0 bridgehead atoms. The second kappa shape index (κ2) is 7.16. The van der Waals surface area contributed by atoms with E-state index in [2.05, 4.69) is 47.5 Å². The zero-order valence-electron chi connectivity index (χ0n) is 13.7. The van der Waals surface area contributed by atoms with Crippen LogP contribution in [-0.4, -0.2) is 21.6 Å². The molecule has 4 heteroatoms. The van der Waals surface area contributed by atoms with Gasteiger partial charge in [0.2, 0.25) is 5.88 Å². The Balaban J connectivity index is 2.03. The van der Waals surface area contributed by atoms with E-state index in [0.29, 0.717) is 30.1 Å². The molecule has 2 rings (SSSR count). The SMILES string of the molecule is C=Cc1cnc(C)nc1OC[C@@H](C)[C@H](C)c1ccc(C)cn1. The van der Waals surface area contributed by atoms with Crippen LogP contribution in [0.15, 0.2) is 31.1 Å². The lowest BCUT2D eigenvalue weighted by atomic mass is 9.93. The fourth-order valence-corrected chi connectivity index (χ4v) is 2.11. The molecule has 2 aromatic heterocycles. The Bertz CT molecular complexity index is 637. The molecule has 0 aliphatic carbocycles. The van der Waals surface area contributed by atoms with Gasteiger partial charge in [-0.1, -0.05) is 32.6 Å². The second-order valence-corrected chi connectivity index (χ2v) is 5.72. The van der Waals surface area contributed by atoms with Crippen molar-refractivity contribution in [3.8, 4) is 5.88 Å². The molecule has 0 saturated heterocycles. The molecule has 0 fully saturated rings. The predicted octanol–water partition coefficient (Wildman–Crippen LogP) is 3.95. The van der Waals surface area contributed by atoms with Crippen LogP contribution in [0.25, 0.3) is 6.08 Å². The van der Waals surface area contributed by atoms with E-state index in [4.69, 9.17) is 4.74 Å². The largest absolute Gasteiger partial charge is 0.477 e. The highest BCUT2D eigenvalue weighted by atomic mass is 16.5. The maximum Gasteiger partial charge on any atom is 0.224 e. The van der Waals surface area contributed by atoms with Crippen molar-refractivity contribution in [2.24, 2.45) is 5.92 Å². The fraction of sp³-hybridized carbons (Fsp3) is 0.389. The average molecular weight is 297 g/mol. The smallest absolute Gasteiger partial charge is 0.224 e. The lowest BCUT2D eigenvalue weighted by molar-refractivity contribution is 0.231. The van der Waals surface area contributed by atoms with E-state index in [-0.39, 0.29) is 0 Å². The molecular formula is C18H23N3O. The first-order chi connectivity index (χ1) is 10.5. The summed E-state index contributed by atoms with van der Waals surface area (Å²) in [6.07, 6.45) is 5.35. The van der Waals surface area contributed by atoms with E-state index >= 15 is 0 Å². The summed E-state index contributed by atoms with van der Waals surface area (Å²) in [5.41, 5.74) is 3.08. The molecule has 2 aromatic rings. The molecule has 2 atom stereocenters. The Hall–Kier alpha value is -2.23. The van der Waals surface area contributed by atoms with Gasteiger partial charge in [0.25, 0.3) is 0 Å². The van der Waals surface area contributed by atoms with Gasteiger partial charge >= 0.3 is 0 Å². The molecule has 22 heavy (non-hydrogen) atoms. The van der Waals surface area contributed by atoms with Crippen LogP contribution in [0.4, 0.5) is 0 Å². The number of aryl methyl sites for hydroxylation is 2. The topological polar surface area (TPSA) is 47.9 Å². The number of ether oxygens (including phenoxy) is 1. The van der Waals surface area contributed by atoms with Crippen LogP contribution in [0.5, 0.6) is 5.88 Å². The van der Waals surface area contributed by atoms with Crippen LogP contribution >= 0.6 is 0 Å². The molecule has 0 N–H and O–H groups in total. The maximum atomic E-state index is 5.89. The van der Waals surface area contributed by atoms with E-state index in [9.17, 15) is 0 Å². The van der Waals surface area contributed by atoms with Crippen molar-refractivity contribution in [1.29, 1.82) is 0 Å². The molecule has 0 radical (unpaired) electrons. The Morgan fingerprint density at radius 2 is 1.95 bits per heavy atom. The molecule has 0 spiro atoms. The van der Waals surface area contributed by atoms with Crippen molar-refractivity contribution >= 4 is 6.08 Å². The van der Waals surface area contributed by atoms with Crippen LogP contribution < -0.4 is 4.74 Å². The first-order valence-corrected chi connectivity index (χ1v) is 7.52. The van der Waals surface area contributed by atoms with Crippen LogP contribution in [0.3, 0.4) is 0 Å². The molecule has 0 aliphatic heterocycles. The van der Waals surface area contributed by atoms with Crippen LogP contribution in [0, 0.1) is 19.8 Å². The van der Waals surface area contributed by atoms with E-state index in [1.165, 1.54) is 5.56 Å². The summed E-state index contributed by atoms with van der Waals surface area (Å²) >= 11 is 0. The Kier molecular flexibility index (Phi) is 5.26. The van der Waals surface area contributed by atoms with Crippen molar-refractivity contribution < 1.29 is 4.74 Å². The predicted molar refractivity (Wildman–Crippen MR) is 88.9 cm³/mol. The summed E-state index contributed by atoms with van der Waals surface area (Å²) in [7, 11) is 0. The molecule has 2 heterocycles. The monoisotopic (exact) mass is 297 g/mol. The number of hydrogen-bond donors (Lipinski definition) is 0. The van der Waals surface area contributed by atoms with Crippen molar-refractivity contribution in [3.05, 3.63) is 53.8 Å². The summed E-state index contributed by atoms with van der Waals surface area (Å²) in [6, 6.07) is 4.18. The van der Waals surface area contributed by atoms with Crippen LogP contribution in [-0.2, 0) is 0 Å². The van der Waals surface area contributed by atoms with Gasteiger partial charge < -0.3 is 4.74 Å². The molecule has 0 unspecified atom stereocenters. The highest BCUT2D eigenvalue weighted by Gasteiger charge is 2.17. The summed E-state index contributed by atoms with van der Waals surface area (Å²) in [6.45, 7) is 12.6. The van der Waals surface area contributed by atoms with Crippen LogP contribution in [0.2, 0.25) is 0 Å².